The summed E-state index contributed by atoms with van der Waals surface area (Å²) < 4.78 is 5.28. The molecule has 8 heteroatoms. The van der Waals surface area contributed by atoms with Gasteiger partial charge in [0, 0.05) is 25.8 Å². The fraction of sp³-hybridized carbons (Fsp3) is 0.455. The molecule has 0 spiro atoms. The summed E-state index contributed by atoms with van der Waals surface area (Å²) in [5.41, 5.74) is 6.04. The van der Waals surface area contributed by atoms with Crippen LogP contribution in [0.5, 0.6) is 0 Å². The number of nitrogen functional groups attached to an aromatic ring is 1. The van der Waals surface area contributed by atoms with Crippen molar-refractivity contribution in [1.82, 2.24) is 15.3 Å². The quantitative estimate of drug-likeness (QED) is 0.728. The van der Waals surface area contributed by atoms with Crippen LogP contribution < -0.4 is 16.0 Å². The van der Waals surface area contributed by atoms with E-state index in [0.717, 1.165) is 31.7 Å². The number of aromatic nitrogens is 2. The number of piperidine rings is 1. The van der Waals surface area contributed by atoms with Gasteiger partial charge in [0.15, 0.2) is 0 Å². The monoisotopic (exact) mass is 411 g/mol. The van der Waals surface area contributed by atoms with Gasteiger partial charge in [-0.3, -0.25) is 4.79 Å². The summed E-state index contributed by atoms with van der Waals surface area (Å²) >= 11 is 0. The number of nitrogens with one attached hydrogen (secondary N) is 1. The average Bonchev–Trinajstić information content (AvgIpc) is 2.71. The van der Waals surface area contributed by atoms with Gasteiger partial charge in [-0.15, -0.1) is 0 Å². The summed E-state index contributed by atoms with van der Waals surface area (Å²) in [5, 5.41) is 2.85. The van der Waals surface area contributed by atoms with Gasteiger partial charge < -0.3 is 20.7 Å². The molecule has 0 unspecified atom stereocenters. The number of alkyl carbamates (subject to hydrolysis) is 1. The molecule has 1 amide bonds. The zero-order chi connectivity index (χ0) is 21.7. The third-order valence-corrected chi connectivity index (χ3v) is 4.92. The second-order valence-corrected chi connectivity index (χ2v) is 8.46. The number of hydrogen-bond acceptors (Lipinski definition) is 7. The number of nitrogens with two attached hydrogens (primary N) is 1. The first-order valence-corrected chi connectivity index (χ1v) is 10.2. The minimum absolute atomic E-state index is 0.202. The Hall–Kier alpha value is -3.16. The summed E-state index contributed by atoms with van der Waals surface area (Å²) in [4.78, 5) is 35.3. The lowest BCUT2D eigenvalue weighted by Crippen LogP contribution is -2.40. The van der Waals surface area contributed by atoms with Crippen molar-refractivity contribution < 1.29 is 14.3 Å². The van der Waals surface area contributed by atoms with Crippen LogP contribution in [0.15, 0.2) is 36.5 Å². The second kappa shape index (κ2) is 9.11. The lowest BCUT2D eigenvalue weighted by atomic mass is 9.97. The van der Waals surface area contributed by atoms with E-state index in [2.05, 4.69) is 20.2 Å². The Morgan fingerprint density at radius 3 is 2.60 bits per heavy atom. The van der Waals surface area contributed by atoms with Gasteiger partial charge >= 0.3 is 6.09 Å². The van der Waals surface area contributed by atoms with Crippen molar-refractivity contribution >= 4 is 23.5 Å². The molecule has 160 valence electrons. The first-order valence-electron chi connectivity index (χ1n) is 10.2. The van der Waals surface area contributed by atoms with Crippen molar-refractivity contribution in [3.8, 4) is 0 Å². The molecule has 0 radical (unpaired) electrons. The van der Waals surface area contributed by atoms with Gasteiger partial charge in [0.05, 0.1) is 5.56 Å². The van der Waals surface area contributed by atoms with Crippen molar-refractivity contribution in [2.45, 2.75) is 39.2 Å². The van der Waals surface area contributed by atoms with Crippen molar-refractivity contribution in [1.29, 1.82) is 0 Å². The maximum Gasteiger partial charge on any atom is 0.407 e. The minimum atomic E-state index is -0.498. The number of nitrogens with zero attached hydrogens (tertiary/aromatic N) is 3. The average molecular weight is 412 g/mol. The van der Waals surface area contributed by atoms with Gasteiger partial charge in [0.25, 0.3) is 0 Å². The lowest BCUT2D eigenvalue weighted by Gasteiger charge is -2.33. The summed E-state index contributed by atoms with van der Waals surface area (Å²) in [6, 6.07) is 8.77. The SMILES string of the molecule is CC(C)(C)OC(=O)NCC1CCN(c2cccc(C(=O)c3cccnc3N)n2)CC1. The van der Waals surface area contributed by atoms with Crippen molar-refractivity contribution in [3.63, 3.8) is 0 Å². The van der Waals surface area contributed by atoms with Crippen LogP contribution >= 0.6 is 0 Å². The number of ketones is 1. The molecule has 3 heterocycles. The molecule has 8 nitrogen and oxygen atoms in total. The molecule has 1 saturated heterocycles. The Bertz CT molecular complexity index is 902. The van der Waals surface area contributed by atoms with Gasteiger partial charge in [-0.1, -0.05) is 6.07 Å². The third kappa shape index (κ3) is 5.68. The number of ether oxygens (including phenoxy) is 1. The lowest BCUT2D eigenvalue weighted by molar-refractivity contribution is 0.0516. The van der Waals surface area contributed by atoms with Gasteiger partial charge in [-0.2, -0.15) is 0 Å². The Labute approximate surface area is 176 Å². The zero-order valence-corrected chi connectivity index (χ0v) is 17.7. The van der Waals surface area contributed by atoms with Crippen LogP contribution in [0.4, 0.5) is 16.4 Å². The van der Waals surface area contributed by atoms with Crippen LogP contribution in [0.1, 0.15) is 49.7 Å². The molecule has 3 rings (SSSR count). The summed E-state index contributed by atoms with van der Waals surface area (Å²) in [6.45, 7) is 7.74. The molecule has 0 atom stereocenters. The van der Waals surface area contributed by atoms with E-state index < -0.39 is 5.60 Å². The second-order valence-electron chi connectivity index (χ2n) is 8.46. The number of anilines is 2. The molecular formula is C22H29N5O3. The van der Waals surface area contributed by atoms with Gasteiger partial charge in [-0.05, 0) is 63.8 Å². The van der Waals surface area contributed by atoms with E-state index in [1.165, 1.54) is 0 Å². The fourth-order valence-corrected chi connectivity index (χ4v) is 3.38. The smallest absolute Gasteiger partial charge is 0.407 e. The van der Waals surface area contributed by atoms with Crippen molar-refractivity contribution in [2.24, 2.45) is 5.92 Å². The summed E-state index contributed by atoms with van der Waals surface area (Å²) in [6.07, 6.45) is 3.02. The molecule has 30 heavy (non-hydrogen) atoms. The maximum atomic E-state index is 12.7. The van der Waals surface area contributed by atoms with E-state index in [9.17, 15) is 9.59 Å². The Balaban J connectivity index is 1.56. The Morgan fingerprint density at radius 1 is 1.20 bits per heavy atom. The third-order valence-electron chi connectivity index (χ3n) is 4.92. The van der Waals surface area contributed by atoms with E-state index in [0.29, 0.717) is 23.7 Å². The van der Waals surface area contributed by atoms with Crippen LogP contribution in [0.2, 0.25) is 0 Å². The predicted molar refractivity (Wildman–Crippen MR) is 115 cm³/mol. The molecule has 1 fully saturated rings. The van der Waals surface area contributed by atoms with Crippen LogP contribution in [-0.4, -0.2) is 47.1 Å². The van der Waals surface area contributed by atoms with E-state index >= 15 is 0 Å². The van der Waals surface area contributed by atoms with Crippen molar-refractivity contribution in [2.75, 3.05) is 30.3 Å². The normalized spacial score (nSPS) is 15.0. The fourth-order valence-electron chi connectivity index (χ4n) is 3.38. The highest BCUT2D eigenvalue weighted by Gasteiger charge is 2.23. The highest BCUT2D eigenvalue weighted by molar-refractivity contribution is 6.10. The number of carbonyl (C=O) groups is 2. The number of pyridine rings is 2. The van der Waals surface area contributed by atoms with E-state index in [-0.39, 0.29) is 17.7 Å². The van der Waals surface area contributed by atoms with Crippen LogP contribution in [0.3, 0.4) is 0 Å². The largest absolute Gasteiger partial charge is 0.444 e. The van der Waals surface area contributed by atoms with Crippen LogP contribution in [0.25, 0.3) is 0 Å². The number of amides is 1. The molecule has 0 aromatic carbocycles. The predicted octanol–water partition coefficient (Wildman–Crippen LogP) is 3.03. The molecule has 1 aliphatic rings. The van der Waals surface area contributed by atoms with E-state index in [1.54, 1.807) is 24.4 Å². The summed E-state index contributed by atoms with van der Waals surface area (Å²) in [5.74, 6) is 1.11. The van der Waals surface area contributed by atoms with E-state index in [1.807, 2.05) is 32.9 Å². The number of rotatable bonds is 5. The molecule has 2 aromatic heterocycles. The number of carbonyl (C=O) groups excluding carboxylic acids is 2. The number of hydrogen-bond donors (Lipinski definition) is 2. The Morgan fingerprint density at radius 2 is 1.93 bits per heavy atom. The topological polar surface area (TPSA) is 110 Å². The van der Waals surface area contributed by atoms with Crippen LogP contribution in [-0.2, 0) is 4.74 Å². The van der Waals surface area contributed by atoms with Gasteiger partial charge in [0.1, 0.15) is 22.9 Å². The first kappa shape index (κ1) is 21.5. The van der Waals surface area contributed by atoms with Gasteiger partial charge in [-0.25, -0.2) is 14.8 Å². The molecule has 3 N–H and O–H groups in total. The van der Waals surface area contributed by atoms with Crippen LogP contribution in [0, 0.1) is 5.92 Å². The Kier molecular flexibility index (Phi) is 6.54. The molecule has 2 aromatic rings. The molecule has 0 bridgehead atoms. The summed E-state index contributed by atoms with van der Waals surface area (Å²) in [7, 11) is 0. The van der Waals surface area contributed by atoms with E-state index in [4.69, 9.17) is 10.5 Å². The standard InChI is InChI=1S/C22H29N5O3/c1-22(2,3)30-21(29)25-14-15-9-12-27(13-10-15)18-8-4-7-17(26-18)19(28)16-6-5-11-24-20(16)23/h4-8,11,15H,9-10,12-14H2,1-3H3,(H2,23,24)(H,25,29). The highest BCUT2D eigenvalue weighted by atomic mass is 16.6. The minimum Gasteiger partial charge on any atom is -0.444 e. The molecule has 1 aliphatic heterocycles. The molecular weight excluding hydrogens is 382 g/mol. The van der Waals surface area contributed by atoms with Crippen molar-refractivity contribution in [3.05, 3.63) is 47.8 Å². The molecule has 0 saturated carbocycles. The first-order chi connectivity index (χ1) is 14.2. The zero-order valence-electron chi connectivity index (χ0n) is 17.7. The highest BCUT2D eigenvalue weighted by Crippen LogP contribution is 2.23. The maximum absolute atomic E-state index is 12.7. The van der Waals surface area contributed by atoms with Gasteiger partial charge in [0.2, 0.25) is 5.78 Å². The molecule has 0 aliphatic carbocycles.